The molecule has 2 heterocycles. The van der Waals surface area contributed by atoms with Crippen LogP contribution in [0.5, 0.6) is 17.2 Å². The molecular weight excluding hydrogens is 309 g/mol. The fourth-order valence-electron chi connectivity index (χ4n) is 3.53. The summed E-state index contributed by atoms with van der Waals surface area (Å²) in [5.41, 5.74) is 1.20. The maximum atomic E-state index is 13.2. The first-order chi connectivity index (χ1) is 11.8. The van der Waals surface area contributed by atoms with Crippen molar-refractivity contribution in [2.75, 3.05) is 26.5 Å². The molecule has 0 aromatic heterocycles. The summed E-state index contributed by atoms with van der Waals surface area (Å²) in [6, 6.07) is 12.6. The molecule has 2 aromatic rings. The Kier molecular flexibility index (Phi) is 4.26. The number of hydrogen-bond acceptors (Lipinski definition) is 3. The molecule has 4 nitrogen and oxygen atoms in total. The smallest absolute Gasteiger partial charge is 0.231 e. The highest BCUT2D eigenvalue weighted by Gasteiger charge is 2.29. The van der Waals surface area contributed by atoms with Gasteiger partial charge >= 0.3 is 0 Å². The molecule has 2 aromatic carbocycles. The summed E-state index contributed by atoms with van der Waals surface area (Å²) in [6.45, 7) is 3.02. The van der Waals surface area contributed by atoms with E-state index in [4.69, 9.17) is 14.2 Å². The van der Waals surface area contributed by atoms with Crippen molar-refractivity contribution < 1.29 is 23.9 Å². The van der Waals surface area contributed by atoms with Crippen molar-refractivity contribution in [3.05, 3.63) is 53.8 Å². The van der Waals surface area contributed by atoms with Crippen LogP contribution in [-0.2, 0) is 0 Å². The van der Waals surface area contributed by atoms with Crippen molar-refractivity contribution in [1.29, 1.82) is 0 Å². The molecule has 2 N–H and O–H groups in total. The Labute approximate surface area is 140 Å². The van der Waals surface area contributed by atoms with Gasteiger partial charge in [-0.15, -0.1) is 0 Å². The van der Waals surface area contributed by atoms with Gasteiger partial charge in [0.05, 0.1) is 19.7 Å². The molecular formula is C19H21FNO3+. The van der Waals surface area contributed by atoms with Crippen molar-refractivity contribution in [1.82, 2.24) is 0 Å². The van der Waals surface area contributed by atoms with E-state index in [-0.39, 0.29) is 12.6 Å². The third-order valence-electron chi connectivity index (χ3n) is 4.83. The van der Waals surface area contributed by atoms with E-state index < -0.39 is 0 Å². The van der Waals surface area contributed by atoms with E-state index in [1.54, 1.807) is 12.1 Å². The molecule has 5 heteroatoms. The Morgan fingerprint density at radius 1 is 1.08 bits per heavy atom. The van der Waals surface area contributed by atoms with Crippen LogP contribution in [0.3, 0.4) is 0 Å². The number of fused-ring (bicyclic) bond motifs is 1. The Balaban J connectivity index is 1.44. The number of ether oxygens (including phenoxy) is 3. The fourth-order valence-corrected chi connectivity index (χ4v) is 3.53. The van der Waals surface area contributed by atoms with E-state index in [0.29, 0.717) is 18.4 Å². The Bertz CT molecular complexity index is 704. The largest absolute Gasteiger partial charge is 0.493 e. The van der Waals surface area contributed by atoms with Crippen molar-refractivity contribution in [2.45, 2.75) is 12.3 Å². The lowest BCUT2D eigenvalue weighted by molar-refractivity contribution is -0.670. The number of benzene rings is 2. The van der Waals surface area contributed by atoms with Gasteiger partial charge in [0.25, 0.3) is 0 Å². The lowest BCUT2D eigenvalue weighted by atomic mass is 9.81. The van der Waals surface area contributed by atoms with Crippen LogP contribution in [0.25, 0.3) is 0 Å². The maximum absolute atomic E-state index is 13.2. The first kappa shape index (κ1) is 15.3. The lowest BCUT2D eigenvalue weighted by Gasteiger charge is -2.30. The minimum atomic E-state index is -0.186. The van der Waals surface area contributed by atoms with Crippen LogP contribution in [0.4, 0.5) is 4.39 Å². The minimum Gasteiger partial charge on any atom is -0.493 e. The summed E-state index contributed by atoms with van der Waals surface area (Å²) in [5, 5.41) is 2.33. The van der Waals surface area contributed by atoms with Crippen LogP contribution < -0.4 is 19.5 Å². The number of piperidine rings is 1. The highest BCUT2D eigenvalue weighted by Crippen LogP contribution is 2.36. The molecule has 126 valence electrons. The summed E-state index contributed by atoms with van der Waals surface area (Å²) in [6.07, 6.45) is 1.08. The average Bonchev–Trinajstić information content (AvgIpc) is 3.09. The number of rotatable bonds is 4. The van der Waals surface area contributed by atoms with Crippen LogP contribution >= 0.6 is 0 Å². The summed E-state index contributed by atoms with van der Waals surface area (Å²) >= 11 is 0. The zero-order valence-electron chi connectivity index (χ0n) is 13.4. The van der Waals surface area contributed by atoms with E-state index in [0.717, 1.165) is 36.8 Å². The van der Waals surface area contributed by atoms with Gasteiger partial charge in [-0.1, -0.05) is 12.1 Å². The molecule has 1 saturated heterocycles. The van der Waals surface area contributed by atoms with Crippen LogP contribution in [-0.4, -0.2) is 26.5 Å². The molecule has 0 bridgehead atoms. The molecule has 0 saturated carbocycles. The Morgan fingerprint density at radius 3 is 2.79 bits per heavy atom. The van der Waals surface area contributed by atoms with Gasteiger partial charge in [0.15, 0.2) is 11.5 Å². The third kappa shape index (κ3) is 3.17. The van der Waals surface area contributed by atoms with Gasteiger partial charge in [-0.3, -0.25) is 0 Å². The molecule has 1 fully saturated rings. The molecule has 2 aliphatic heterocycles. The number of quaternary nitrogens is 1. The lowest BCUT2D eigenvalue weighted by Crippen LogP contribution is -2.88. The maximum Gasteiger partial charge on any atom is 0.231 e. The van der Waals surface area contributed by atoms with E-state index >= 15 is 0 Å². The predicted molar refractivity (Wildman–Crippen MR) is 87.0 cm³/mol. The van der Waals surface area contributed by atoms with Gasteiger partial charge in [0, 0.05) is 24.3 Å². The van der Waals surface area contributed by atoms with Crippen molar-refractivity contribution in [3.8, 4) is 17.2 Å². The number of hydrogen-bond donors (Lipinski definition) is 1. The van der Waals surface area contributed by atoms with Gasteiger partial charge in [-0.05, 0) is 29.8 Å². The molecule has 2 atom stereocenters. The quantitative estimate of drug-likeness (QED) is 0.935. The van der Waals surface area contributed by atoms with Crippen molar-refractivity contribution >= 4 is 0 Å². The van der Waals surface area contributed by atoms with Gasteiger partial charge in [0.2, 0.25) is 6.79 Å². The zero-order valence-corrected chi connectivity index (χ0v) is 13.4. The summed E-state index contributed by atoms with van der Waals surface area (Å²) in [4.78, 5) is 0. The van der Waals surface area contributed by atoms with Crippen LogP contribution in [0.1, 0.15) is 17.9 Å². The topological polar surface area (TPSA) is 44.3 Å². The molecule has 0 unspecified atom stereocenters. The molecule has 0 aliphatic carbocycles. The molecule has 2 aliphatic rings. The highest BCUT2D eigenvalue weighted by atomic mass is 19.1. The van der Waals surface area contributed by atoms with Gasteiger partial charge < -0.3 is 19.5 Å². The van der Waals surface area contributed by atoms with Crippen LogP contribution in [0.15, 0.2) is 42.5 Å². The molecule has 0 amide bonds. The average molecular weight is 330 g/mol. The third-order valence-corrected chi connectivity index (χ3v) is 4.83. The standard InChI is InChI=1S/C19H20FNO3/c20-15-3-1-13(2-4-15)17-7-8-21-10-14(17)11-22-16-5-6-18-19(9-16)24-12-23-18/h1-6,9,14,17,21H,7-8,10-12H2/p+1/t14-,17-/m1/s1. The van der Waals surface area contributed by atoms with E-state index in [2.05, 4.69) is 5.32 Å². The first-order valence-electron chi connectivity index (χ1n) is 8.39. The monoisotopic (exact) mass is 330 g/mol. The number of halogens is 1. The normalized spacial score (nSPS) is 22.4. The highest BCUT2D eigenvalue weighted by molar-refractivity contribution is 5.46. The van der Waals surface area contributed by atoms with E-state index in [1.807, 2.05) is 30.3 Å². The van der Waals surface area contributed by atoms with E-state index in [1.165, 1.54) is 5.56 Å². The molecule has 4 rings (SSSR count). The first-order valence-corrected chi connectivity index (χ1v) is 8.39. The second kappa shape index (κ2) is 6.69. The molecule has 0 radical (unpaired) electrons. The molecule has 0 spiro atoms. The number of nitrogens with two attached hydrogens (primary N) is 1. The van der Waals surface area contributed by atoms with E-state index in [9.17, 15) is 4.39 Å². The zero-order chi connectivity index (χ0) is 16.4. The van der Waals surface area contributed by atoms with Gasteiger partial charge in [-0.2, -0.15) is 0 Å². The minimum absolute atomic E-state index is 0.186. The van der Waals surface area contributed by atoms with Crippen molar-refractivity contribution in [3.63, 3.8) is 0 Å². The fraction of sp³-hybridized carbons (Fsp3) is 0.368. The summed E-state index contributed by atoms with van der Waals surface area (Å²) in [5.74, 6) is 2.91. The Hall–Kier alpha value is -2.27. The Morgan fingerprint density at radius 2 is 1.92 bits per heavy atom. The van der Waals surface area contributed by atoms with Crippen LogP contribution in [0, 0.1) is 11.7 Å². The summed E-state index contributed by atoms with van der Waals surface area (Å²) in [7, 11) is 0. The van der Waals surface area contributed by atoms with Crippen LogP contribution in [0.2, 0.25) is 0 Å². The van der Waals surface area contributed by atoms with Gasteiger partial charge in [-0.25, -0.2) is 4.39 Å². The SMILES string of the molecule is Fc1ccc([C@H]2CC[NH2+]C[C@@H]2COc2ccc3c(c2)OCO3)cc1. The van der Waals surface area contributed by atoms with Gasteiger partial charge in [0.1, 0.15) is 11.6 Å². The second-order valence-corrected chi connectivity index (χ2v) is 6.35. The second-order valence-electron chi connectivity index (χ2n) is 6.35. The predicted octanol–water partition coefficient (Wildman–Crippen LogP) is 2.30. The molecule has 24 heavy (non-hydrogen) atoms. The summed E-state index contributed by atoms with van der Waals surface area (Å²) < 4.78 is 29.9. The van der Waals surface area contributed by atoms with Crippen molar-refractivity contribution in [2.24, 2.45) is 5.92 Å².